The number of pyridine rings is 2. The Morgan fingerprint density at radius 3 is 1.62 bits per heavy atom. The summed E-state index contributed by atoms with van der Waals surface area (Å²) in [6.07, 6.45) is 9.35. The largest absolute Gasteiger partial charge is 0.467 e. The molecule has 6 rings (SSSR count). The van der Waals surface area contributed by atoms with E-state index in [1.54, 1.807) is 12.4 Å². The average molecular weight is 731 g/mol. The molecule has 0 N–H and O–H groups in total. The molecule has 0 spiro atoms. The molecule has 0 aromatic carbocycles. The second-order valence-corrected chi connectivity index (χ2v) is 13.9. The molecular weight excluding hydrogens is 680 g/mol. The minimum absolute atomic E-state index is 0.0998. The molecule has 4 aromatic heterocycles. The molecule has 0 amide bonds. The van der Waals surface area contributed by atoms with Gasteiger partial charge in [-0.15, -0.1) is 0 Å². The summed E-state index contributed by atoms with van der Waals surface area (Å²) in [6.45, 7) is 9.97. The number of aromatic nitrogens is 6. The van der Waals surface area contributed by atoms with E-state index in [2.05, 4.69) is 19.9 Å². The number of rotatable bonds is 9. The molecule has 52 heavy (non-hydrogen) atoms. The van der Waals surface area contributed by atoms with Crippen molar-refractivity contribution in [3.05, 3.63) is 82.3 Å². The molecule has 0 aliphatic heterocycles. The number of aryl methyl sites for hydroxylation is 3. The summed E-state index contributed by atoms with van der Waals surface area (Å²) in [7, 11) is 6.60. The van der Waals surface area contributed by atoms with E-state index in [0.717, 1.165) is 84.1 Å². The molecule has 0 bridgehead atoms. The number of methoxy groups -OCH3 is 2. The van der Waals surface area contributed by atoms with Gasteiger partial charge in [0.2, 0.25) is 5.28 Å². The average Bonchev–Trinajstić information content (AvgIpc) is 3.81. The molecule has 2 aliphatic rings. The van der Waals surface area contributed by atoms with Crippen LogP contribution in [0, 0.1) is 18.8 Å². The van der Waals surface area contributed by atoms with Crippen LogP contribution in [0.5, 0.6) is 0 Å². The van der Waals surface area contributed by atoms with Gasteiger partial charge < -0.3 is 19.3 Å². The smallest absolute Gasteiger partial charge is 0.328 e. The van der Waals surface area contributed by atoms with Crippen molar-refractivity contribution in [2.45, 2.75) is 85.2 Å². The van der Waals surface area contributed by atoms with Crippen LogP contribution in [0.25, 0.3) is 11.5 Å². The first-order chi connectivity index (χ1) is 24.9. The summed E-state index contributed by atoms with van der Waals surface area (Å²) in [5, 5.41) is 0.236. The number of ether oxygens (including phenoxy) is 2. The van der Waals surface area contributed by atoms with Gasteiger partial charge >= 0.3 is 11.9 Å². The van der Waals surface area contributed by atoms with E-state index in [-0.39, 0.29) is 41.1 Å². The van der Waals surface area contributed by atoms with Crippen molar-refractivity contribution in [2.24, 2.45) is 11.8 Å². The zero-order valence-corrected chi connectivity index (χ0v) is 32.5. The summed E-state index contributed by atoms with van der Waals surface area (Å²) in [4.78, 5) is 54.6. The molecule has 13 heteroatoms. The van der Waals surface area contributed by atoms with E-state index in [1.807, 2.05) is 94.9 Å². The molecular formula is C39H51ClN8O4. The highest BCUT2D eigenvalue weighted by atomic mass is 35.5. The highest BCUT2D eigenvalue weighted by molar-refractivity contribution is 6.28. The van der Waals surface area contributed by atoms with Crippen molar-refractivity contribution in [3.63, 3.8) is 0 Å². The lowest BCUT2D eigenvalue weighted by Crippen LogP contribution is -2.44. The Balaban J connectivity index is 0.000000199. The van der Waals surface area contributed by atoms with Crippen molar-refractivity contribution < 1.29 is 19.1 Å². The topological polar surface area (TPSA) is 136 Å². The van der Waals surface area contributed by atoms with Crippen LogP contribution in [-0.2, 0) is 44.7 Å². The van der Waals surface area contributed by atoms with Gasteiger partial charge in [0, 0.05) is 49.0 Å². The lowest BCUT2D eigenvalue weighted by Gasteiger charge is -2.31. The molecule has 4 heterocycles. The molecule has 0 saturated carbocycles. The quantitative estimate of drug-likeness (QED) is 0.141. The molecule has 0 radical (unpaired) electrons. The van der Waals surface area contributed by atoms with Gasteiger partial charge in [-0.1, -0.05) is 39.8 Å². The van der Waals surface area contributed by atoms with E-state index in [1.165, 1.54) is 14.2 Å². The number of fused-ring (bicyclic) bond motifs is 2. The maximum atomic E-state index is 12.3. The number of nitrogens with zero attached hydrogens (tertiary/aromatic N) is 8. The lowest BCUT2D eigenvalue weighted by molar-refractivity contribution is -0.144. The number of hydrogen-bond acceptors (Lipinski definition) is 12. The molecule has 2 unspecified atom stereocenters. The van der Waals surface area contributed by atoms with E-state index >= 15 is 0 Å². The predicted octanol–water partition coefficient (Wildman–Crippen LogP) is 6.30. The molecule has 12 nitrogen and oxygen atoms in total. The Morgan fingerprint density at radius 1 is 0.692 bits per heavy atom. The number of esters is 2. The third-order valence-electron chi connectivity index (χ3n) is 9.15. The fraction of sp³-hybridized carbons (Fsp3) is 0.487. The van der Waals surface area contributed by atoms with Crippen LogP contribution in [0.1, 0.15) is 68.7 Å². The standard InChI is InChI=1S/C19H24N4O2.C14H20ClN3O2.C6H7N/c1-12(2)16(19(24)25-4)23(3)18-13-8-7-10-14(13)21-17(22-18)15-9-5-6-11-20-15;1-8(2)11(13(19)20-4)18(3)12-9-6-5-7-10(9)16-14(15)17-12;1-6-4-2-3-5-7-6/h5-6,9,11-12,16H,7-8,10H2,1-4H3;8,11H,5-7H2,1-4H3;2-5H,1H3. The summed E-state index contributed by atoms with van der Waals surface area (Å²) < 4.78 is 9.92. The number of carbonyl (C=O) groups is 2. The van der Waals surface area contributed by atoms with Gasteiger partial charge in [0.15, 0.2) is 5.82 Å². The monoisotopic (exact) mass is 730 g/mol. The highest BCUT2D eigenvalue weighted by Crippen LogP contribution is 2.33. The third-order valence-corrected chi connectivity index (χ3v) is 9.32. The molecule has 278 valence electrons. The number of hydrogen-bond donors (Lipinski definition) is 0. The number of halogens is 1. The van der Waals surface area contributed by atoms with Gasteiger partial charge in [-0.25, -0.2) is 29.5 Å². The van der Waals surface area contributed by atoms with Crippen molar-refractivity contribution >= 4 is 35.2 Å². The van der Waals surface area contributed by atoms with Crippen LogP contribution in [0.2, 0.25) is 5.28 Å². The zero-order valence-electron chi connectivity index (χ0n) is 31.8. The summed E-state index contributed by atoms with van der Waals surface area (Å²) in [6, 6.07) is 10.8. The lowest BCUT2D eigenvalue weighted by atomic mass is 10.0. The van der Waals surface area contributed by atoms with Gasteiger partial charge in [0.1, 0.15) is 29.4 Å². The maximum Gasteiger partial charge on any atom is 0.328 e. The van der Waals surface area contributed by atoms with Gasteiger partial charge in [-0.3, -0.25) is 9.97 Å². The molecule has 2 aliphatic carbocycles. The number of anilines is 2. The van der Waals surface area contributed by atoms with Crippen LogP contribution in [0.4, 0.5) is 11.6 Å². The van der Waals surface area contributed by atoms with Crippen molar-refractivity contribution in [1.29, 1.82) is 0 Å². The van der Waals surface area contributed by atoms with Crippen molar-refractivity contribution in [1.82, 2.24) is 29.9 Å². The predicted molar refractivity (Wildman–Crippen MR) is 203 cm³/mol. The first-order valence-electron chi connectivity index (χ1n) is 17.7. The second kappa shape index (κ2) is 18.7. The van der Waals surface area contributed by atoms with Crippen molar-refractivity contribution in [2.75, 3.05) is 38.1 Å². The minimum Gasteiger partial charge on any atom is -0.467 e. The summed E-state index contributed by atoms with van der Waals surface area (Å²) in [5.74, 6) is 1.87. The Morgan fingerprint density at radius 2 is 1.19 bits per heavy atom. The molecule has 4 aromatic rings. The summed E-state index contributed by atoms with van der Waals surface area (Å²) >= 11 is 6.01. The third kappa shape index (κ3) is 9.78. The first-order valence-corrected chi connectivity index (χ1v) is 18.1. The number of likely N-dealkylation sites (N-methyl/N-ethyl adjacent to an activating group) is 2. The highest BCUT2D eigenvalue weighted by Gasteiger charge is 2.33. The summed E-state index contributed by atoms with van der Waals surface area (Å²) in [5.41, 5.74) is 6.11. The van der Waals surface area contributed by atoms with Crippen LogP contribution >= 0.6 is 11.6 Å². The maximum absolute atomic E-state index is 12.3. The van der Waals surface area contributed by atoms with E-state index in [0.29, 0.717) is 5.82 Å². The Hall–Kier alpha value is -4.71. The number of carbonyl (C=O) groups excluding carboxylic acids is 2. The van der Waals surface area contributed by atoms with Gasteiger partial charge in [0.05, 0.1) is 19.9 Å². The fourth-order valence-electron chi connectivity index (χ4n) is 6.70. The van der Waals surface area contributed by atoms with E-state index in [9.17, 15) is 9.59 Å². The van der Waals surface area contributed by atoms with Crippen LogP contribution in [-0.4, -0.2) is 82.2 Å². The van der Waals surface area contributed by atoms with E-state index < -0.39 is 0 Å². The second-order valence-electron chi connectivity index (χ2n) is 13.6. The van der Waals surface area contributed by atoms with Crippen molar-refractivity contribution in [3.8, 4) is 11.5 Å². The first kappa shape index (κ1) is 40.1. The Bertz CT molecular complexity index is 1790. The normalized spacial score (nSPS) is 13.8. The van der Waals surface area contributed by atoms with Crippen LogP contribution < -0.4 is 9.80 Å². The fourth-order valence-corrected chi connectivity index (χ4v) is 6.88. The SMILES string of the molecule is COC(=O)C(C(C)C)N(C)c1nc(-c2ccccn2)nc2c1CCC2.COC(=O)C(C(C)C)N(C)c1nc(Cl)nc2c1CCC2.Cc1ccccn1. The van der Waals surface area contributed by atoms with Gasteiger partial charge in [-0.05, 0) is 93.2 Å². The van der Waals surface area contributed by atoms with Crippen LogP contribution in [0.15, 0.2) is 48.8 Å². The molecule has 0 saturated heterocycles. The van der Waals surface area contributed by atoms with Gasteiger partial charge in [0.25, 0.3) is 0 Å². The Labute approximate surface area is 312 Å². The minimum atomic E-state index is -0.388. The van der Waals surface area contributed by atoms with Crippen LogP contribution in [0.3, 0.4) is 0 Å². The molecule has 0 fully saturated rings. The van der Waals surface area contributed by atoms with Gasteiger partial charge in [-0.2, -0.15) is 0 Å². The van der Waals surface area contributed by atoms with E-state index in [4.69, 9.17) is 31.0 Å². The Kier molecular flexibility index (Phi) is 14.4. The molecule has 2 atom stereocenters. The zero-order chi connectivity index (χ0) is 37.9.